The maximum absolute atomic E-state index is 11.8. The molecule has 0 aromatic heterocycles. The first-order chi connectivity index (χ1) is 11.2. The van der Waals surface area contributed by atoms with Gasteiger partial charge in [0.05, 0.1) is 26.5 Å². The van der Waals surface area contributed by atoms with Crippen LogP contribution in [-0.2, 0) is 26.7 Å². The van der Waals surface area contributed by atoms with Crippen LogP contribution in [0.1, 0.15) is 24.0 Å². The van der Waals surface area contributed by atoms with Crippen molar-refractivity contribution in [3.63, 3.8) is 0 Å². The molecule has 2 N–H and O–H groups in total. The standard InChI is InChI=1S/C16H23NO6S/c1-22-13-8-11-4-6-16(19,12(11)9-14(13)23-2)10-17-15(18)5-7-24(3,20)21/h8-9,19H,4-7,10H2,1-3H3,(H,17,18). The summed E-state index contributed by atoms with van der Waals surface area (Å²) in [5.74, 6) is 0.499. The molecule has 0 fully saturated rings. The van der Waals surface area contributed by atoms with Crippen molar-refractivity contribution in [2.45, 2.75) is 24.9 Å². The Balaban J connectivity index is 2.09. The van der Waals surface area contributed by atoms with E-state index in [0.717, 1.165) is 11.8 Å². The van der Waals surface area contributed by atoms with Crippen LogP contribution in [0, 0.1) is 0 Å². The van der Waals surface area contributed by atoms with E-state index in [-0.39, 0.29) is 18.7 Å². The molecule has 1 aliphatic carbocycles. The highest BCUT2D eigenvalue weighted by atomic mass is 32.2. The van der Waals surface area contributed by atoms with E-state index in [0.29, 0.717) is 29.9 Å². The Kier molecular flexibility index (Phi) is 5.39. The first-order valence-electron chi connectivity index (χ1n) is 7.61. The van der Waals surface area contributed by atoms with Crippen LogP contribution in [0.15, 0.2) is 12.1 Å². The summed E-state index contributed by atoms with van der Waals surface area (Å²) in [7, 11) is -0.123. The number of benzene rings is 1. The van der Waals surface area contributed by atoms with E-state index in [4.69, 9.17) is 9.47 Å². The fourth-order valence-corrected chi connectivity index (χ4v) is 3.39. The molecule has 24 heavy (non-hydrogen) atoms. The van der Waals surface area contributed by atoms with Gasteiger partial charge in [0, 0.05) is 12.7 Å². The van der Waals surface area contributed by atoms with Gasteiger partial charge in [0.1, 0.15) is 15.4 Å². The third-order valence-corrected chi connectivity index (χ3v) is 5.14. The van der Waals surface area contributed by atoms with Crippen molar-refractivity contribution in [3.8, 4) is 11.5 Å². The Bertz CT molecular complexity index is 730. The van der Waals surface area contributed by atoms with Gasteiger partial charge in [-0.1, -0.05) is 0 Å². The van der Waals surface area contributed by atoms with Crippen LogP contribution in [0.25, 0.3) is 0 Å². The second-order valence-electron chi connectivity index (χ2n) is 6.05. The molecule has 2 rings (SSSR count). The molecule has 0 aliphatic heterocycles. The predicted octanol–water partition coefficient (Wildman–Crippen LogP) is 0.388. The Morgan fingerprint density at radius 2 is 1.92 bits per heavy atom. The van der Waals surface area contributed by atoms with Gasteiger partial charge < -0.3 is 19.9 Å². The molecule has 8 heteroatoms. The maximum Gasteiger partial charge on any atom is 0.221 e. The molecule has 1 aliphatic rings. The van der Waals surface area contributed by atoms with Crippen LogP contribution in [0.3, 0.4) is 0 Å². The van der Waals surface area contributed by atoms with E-state index in [1.54, 1.807) is 13.2 Å². The molecule has 7 nitrogen and oxygen atoms in total. The van der Waals surface area contributed by atoms with Crippen LogP contribution < -0.4 is 14.8 Å². The number of fused-ring (bicyclic) bond motifs is 1. The summed E-state index contributed by atoms with van der Waals surface area (Å²) >= 11 is 0. The summed E-state index contributed by atoms with van der Waals surface area (Å²) in [6, 6.07) is 3.56. The Labute approximate surface area is 141 Å². The molecule has 0 saturated carbocycles. The van der Waals surface area contributed by atoms with Gasteiger partial charge in [0.2, 0.25) is 5.91 Å². The number of amides is 1. The number of ether oxygens (including phenoxy) is 2. The molecule has 0 bridgehead atoms. The Morgan fingerprint density at radius 3 is 2.50 bits per heavy atom. The molecule has 0 heterocycles. The Morgan fingerprint density at radius 1 is 1.29 bits per heavy atom. The highest BCUT2D eigenvalue weighted by molar-refractivity contribution is 7.90. The predicted molar refractivity (Wildman–Crippen MR) is 89.1 cm³/mol. The highest BCUT2D eigenvalue weighted by Gasteiger charge is 2.38. The number of carbonyl (C=O) groups is 1. The van der Waals surface area contributed by atoms with Gasteiger partial charge in [-0.15, -0.1) is 0 Å². The van der Waals surface area contributed by atoms with E-state index < -0.39 is 21.3 Å². The topological polar surface area (TPSA) is 102 Å². The number of aryl methyl sites for hydroxylation is 1. The minimum atomic E-state index is -3.19. The number of hydrogen-bond acceptors (Lipinski definition) is 6. The van der Waals surface area contributed by atoms with Crippen LogP contribution in [0.2, 0.25) is 0 Å². The normalized spacial score (nSPS) is 19.7. The third kappa shape index (κ3) is 4.18. The number of hydrogen-bond donors (Lipinski definition) is 2. The van der Waals surface area contributed by atoms with Gasteiger partial charge >= 0.3 is 0 Å². The van der Waals surface area contributed by atoms with Crippen LogP contribution in [-0.4, -0.2) is 52.2 Å². The summed E-state index contributed by atoms with van der Waals surface area (Å²) in [5.41, 5.74) is 0.444. The van der Waals surface area contributed by atoms with Gasteiger partial charge in [0.25, 0.3) is 0 Å². The minimum absolute atomic E-state index is 0.0259. The number of methoxy groups -OCH3 is 2. The van der Waals surface area contributed by atoms with E-state index >= 15 is 0 Å². The average molecular weight is 357 g/mol. The fraction of sp³-hybridized carbons (Fsp3) is 0.562. The molecule has 1 aromatic carbocycles. The molecule has 0 radical (unpaired) electrons. The number of carbonyl (C=O) groups excluding carboxylic acids is 1. The van der Waals surface area contributed by atoms with Crippen molar-refractivity contribution in [1.82, 2.24) is 5.32 Å². The summed E-state index contributed by atoms with van der Waals surface area (Å²) < 4.78 is 32.7. The average Bonchev–Trinajstić information content (AvgIpc) is 2.86. The van der Waals surface area contributed by atoms with E-state index in [1.165, 1.54) is 7.11 Å². The molecule has 1 amide bonds. The lowest BCUT2D eigenvalue weighted by molar-refractivity contribution is -0.122. The van der Waals surface area contributed by atoms with Crippen LogP contribution in [0.4, 0.5) is 0 Å². The van der Waals surface area contributed by atoms with Crippen molar-refractivity contribution in [3.05, 3.63) is 23.3 Å². The molecule has 0 spiro atoms. The van der Waals surface area contributed by atoms with Gasteiger partial charge in [-0.25, -0.2) is 8.42 Å². The van der Waals surface area contributed by atoms with Crippen molar-refractivity contribution in [1.29, 1.82) is 0 Å². The van der Waals surface area contributed by atoms with Crippen molar-refractivity contribution in [2.24, 2.45) is 0 Å². The quantitative estimate of drug-likeness (QED) is 0.732. The van der Waals surface area contributed by atoms with Gasteiger partial charge in [0.15, 0.2) is 11.5 Å². The van der Waals surface area contributed by atoms with Gasteiger partial charge in [-0.2, -0.15) is 0 Å². The van der Waals surface area contributed by atoms with Crippen molar-refractivity contribution in [2.75, 3.05) is 32.8 Å². The number of rotatable bonds is 7. The third-order valence-electron chi connectivity index (χ3n) is 4.20. The summed E-state index contributed by atoms with van der Waals surface area (Å²) in [6.45, 7) is 0.0259. The first-order valence-corrected chi connectivity index (χ1v) is 9.67. The zero-order valence-electron chi connectivity index (χ0n) is 14.1. The number of sulfone groups is 1. The zero-order valence-corrected chi connectivity index (χ0v) is 14.9. The lowest BCUT2D eigenvalue weighted by Gasteiger charge is -2.25. The minimum Gasteiger partial charge on any atom is -0.493 e. The fourth-order valence-electron chi connectivity index (χ4n) is 2.83. The van der Waals surface area contributed by atoms with E-state index in [1.807, 2.05) is 6.07 Å². The number of nitrogens with one attached hydrogen (secondary N) is 1. The molecule has 0 saturated heterocycles. The van der Waals surface area contributed by atoms with Crippen molar-refractivity contribution >= 4 is 15.7 Å². The highest BCUT2D eigenvalue weighted by Crippen LogP contribution is 2.42. The molecule has 1 unspecified atom stereocenters. The zero-order chi connectivity index (χ0) is 18.0. The lowest BCUT2D eigenvalue weighted by Crippen LogP contribution is -2.39. The second-order valence-corrected chi connectivity index (χ2v) is 8.31. The number of aliphatic hydroxyl groups is 1. The van der Waals surface area contributed by atoms with E-state index in [9.17, 15) is 18.3 Å². The lowest BCUT2D eigenvalue weighted by atomic mass is 9.95. The first kappa shape index (κ1) is 18.5. The maximum atomic E-state index is 11.8. The molecular weight excluding hydrogens is 334 g/mol. The smallest absolute Gasteiger partial charge is 0.221 e. The van der Waals surface area contributed by atoms with Crippen LogP contribution >= 0.6 is 0 Å². The molecule has 1 aromatic rings. The van der Waals surface area contributed by atoms with Crippen molar-refractivity contribution < 1.29 is 27.8 Å². The summed E-state index contributed by atoms with van der Waals surface area (Å²) in [6.07, 6.45) is 2.09. The van der Waals surface area contributed by atoms with E-state index in [2.05, 4.69) is 5.32 Å². The summed E-state index contributed by atoms with van der Waals surface area (Å²) in [4.78, 5) is 11.8. The van der Waals surface area contributed by atoms with Gasteiger partial charge in [-0.05, 0) is 36.1 Å². The van der Waals surface area contributed by atoms with Crippen LogP contribution in [0.5, 0.6) is 11.5 Å². The largest absolute Gasteiger partial charge is 0.493 e. The molecule has 134 valence electrons. The molecule has 1 atom stereocenters. The monoisotopic (exact) mass is 357 g/mol. The molecular formula is C16H23NO6S. The summed E-state index contributed by atoms with van der Waals surface area (Å²) in [5, 5.41) is 13.5. The Hall–Kier alpha value is -1.80. The SMILES string of the molecule is COc1cc2c(cc1OC)C(O)(CNC(=O)CCS(C)(=O)=O)CC2. The van der Waals surface area contributed by atoms with Gasteiger partial charge in [-0.3, -0.25) is 4.79 Å². The second kappa shape index (κ2) is 6.98.